The minimum atomic E-state index is -3.71. The summed E-state index contributed by atoms with van der Waals surface area (Å²) in [4.78, 5) is 3.54. The summed E-state index contributed by atoms with van der Waals surface area (Å²) in [6.45, 7) is 1.69. The first kappa shape index (κ1) is 17.6. The number of hydrogen-bond acceptors (Lipinski definition) is 2. The third kappa shape index (κ3) is 3.44. The standard InChI is InChI=1S/C21H17ClN2O2S/c1-14-18(22)6-4-8-21(14)27(25,26)24-17-11-9-15(10-12-17)20-13-16-5-2-3-7-19(16)23-20/h2-13,23-24H,1H3. The zero-order valence-electron chi connectivity index (χ0n) is 14.5. The summed E-state index contributed by atoms with van der Waals surface area (Å²) in [6, 6.07) is 22.2. The number of rotatable bonds is 4. The summed E-state index contributed by atoms with van der Waals surface area (Å²) in [5, 5.41) is 1.56. The van der Waals surface area contributed by atoms with E-state index in [1.165, 1.54) is 0 Å². The summed E-state index contributed by atoms with van der Waals surface area (Å²) in [5.74, 6) is 0. The molecule has 0 aliphatic heterocycles. The first-order valence-corrected chi connectivity index (χ1v) is 10.3. The molecule has 3 aromatic carbocycles. The lowest BCUT2D eigenvalue weighted by molar-refractivity contribution is 0.600. The van der Waals surface area contributed by atoms with E-state index in [2.05, 4.69) is 15.8 Å². The van der Waals surface area contributed by atoms with Crippen molar-refractivity contribution in [1.82, 2.24) is 4.98 Å². The molecule has 27 heavy (non-hydrogen) atoms. The van der Waals surface area contributed by atoms with Gasteiger partial charge in [0.05, 0.1) is 4.90 Å². The van der Waals surface area contributed by atoms with Crippen molar-refractivity contribution in [2.75, 3.05) is 4.72 Å². The Balaban J connectivity index is 1.61. The van der Waals surface area contributed by atoms with Gasteiger partial charge < -0.3 is 4.98 Å². The second-order valence-corrected chi connectivity index (χ2v) is 8.37. The van der Waals surface area contributed by atoms with Gasteiger partial charge in [-0.25, -0.2) is 8.42 Å². The van der Waals surface area contributed by atoms with Crippen LogP contribution in [0.3, 0.4) is 0 Å². The lowest BCUT2D eigenvalue weighted by Gasteiger charge is -2.11. The van der Waals surface area contributed by atoms with Crippen molar-refractivity contribution in [3.8, 4) is 11.3 Å². The van der Waals surface area contributed by atoms with Gasteiger partial charge in [0, 0.05) is 27.3 Å². The molecule has 0 saturated carbocycles. The van der Waals surface area contributed by atoms with E-state index in [1.54, 1.807) is 37.3 Å². The summed E-state index contributed by atoms with van der Waals surface area (Å²) in [6.07, 6.45) is 0. The molecule has 0 atom stereocenters. The quantitative estimate of drug-likeness (QED) is 0.471. The Morgan fingerprint density at radius 2 is 1.67 bits per heavy atom. The van der Waals surface area contributed by atoms with Crippen molar-refractivity contribution in [3.63, 3.8) is 0 Å². The highest BCUT2D eigenvalue weighted by Gasteiger charge is 2.18. The van der Waals surface area contributed by atoms with E-state index in [0.29, 0.717) is 16.3 Å². The Morgan fingerprint density at radius 1 is 0.926 bits per heavy atom. The van der Waals surface area contributed by atoms with E-state index in [4.69, 9.17) is 11.6 Å². The van der Waals surface area contributed by atoms with Crippen LogP contribution in [0.15, 0.2) is 77.7 Å². The zero-order chi connectivity index (χ0) is 19.0. The highest BCUT2D eigenvalue weighted by Crippen LogP contribution is 2.27. The maximum atomic E-state index is 12.7. The van der Waals surface area contributed by atoms with Crippen LogP contribution in [0.1, 0.15) is 5.56 Å². The van der Waals surface area contributed by atoms with E-state index < -0.39 is 10.0 Å². The van der Waals surface area contributed by atoms with Gasteiger partial charge in [-0.1, -0.05) is 48.0 Å². The molecule has 0 spiro atoms. The summed E-state index contributed by atoms with van der Waals surface area (Å²) in [5.41, 5.74) is 4.05. The number of anilines is 1. The average Bonchev–Trinajstić information content (AvgIpc) is 3.08. The molecule has 0 radical (unpaired) electrons. The van der Waals surface area contributed by atoms with Crippen molar-refractivity contribution < 1.29 is 8.42 Å². The van der Waals surface area contributed by atoms with Crippen molar-refractivity contribution in [1.29, 1.82) is 0 Å². The van der Waals surface area contributed by atoms with Crippen LogP contribution in [0.25, 0.3) is 22.2 Å². The Kier molecular flexibility index (Phi) is 4.42. The monoisotopic (exact) mass is 396 g/mol. The summed E-state index contributed by atoms with van der Waals surface area (Å²) in [7, 11) is -3.71. The first-order chi connectivity index (χ1) is 12.9. The zero-order valence-corrected chi connectivity index (χ0v) is 16.1. The van der Waals surface area contributed by atoms with Crippen molar-refractivity contribution in [2.24, 2.45) is 0 Å². The average molecular weight is 397 g/mol. The van der Waals surface area contributed by atoms with Gasteiger partial charge in [0.2, 0.25) is 0 Å². The maximum Gasteiger partial charge on any atom is 0.262 e. The van der Waals surface area contributed by atoms with Crippen LogP contribution in [-0.2, 0) is 10.0 Å². The predicted molar refractivity (Wildman–Crippen MR) is 111 cm³/mol. The Morgan fingerprint density at radius 3 is 2.41 bits per heavy atom. The second kappa shape index (κ2) is 6.76. The molecule has 0 fully saturated rings. The third-order valence-electron chi connectivity index (χ3n) is 4.49. The van der Waals surface area contributed by atoms with Crippen molar-refractivity contribution in [2.45, 2.75) is 11.8 Å². The molecule has 4 rings (SSSR count). The molecule has 0 amide bonds. The van der Waals surface area contributed by atoms with E-state index in [0.717, 1.165) is 22.2 Å². The van der Waals surface area contributed by atoms with Crippen LogP contribution < -0.4 is 4.72 Å². The molecule has 1 aromatic heterocycles. The summed E-state index contributed by atoms with van der Waals surface area (Å²) < 4.78 is 28.0. The van der Waals surface area contributed by atoms with Gasteiger partial charge in [-0.05, 0) is 54.4 Å². The maximum absolute atomic E-state index is 12.7. The van der Waals surface area contributed by atoms with Crippen molar-refractivity contribution >= 4 is 38.2 Å². The van der Waals surface area contributed by atoms with Gasteiger partial charge in [-0.2, -0.15) is 0 Å². The van der Waals surface area contributed by atoms with Gasteiger partial charge >= 0.3 is 0 Å². The number of halogens is 1. The van der Waals surface area contributed by atoms with Gasteiger partial charge in [0.1, 0.15) is 0 Å². The van der Waals surface area contributed by atoms with Crippen LogP contribution in [-0.4, -0.2) is 13.4 Å². The molecule has 4 nitrogen and oxygen atoms in total. The van der Waals surface area contributed by atoms with E-state index in [1.807, 2.05) is 36.4 Å². The molecule has 0 unspecified atom stereocenters. The molecule has 0 saturated heterocycles. The third-order valence-corrected chi connectivity index (χ3v) is 6.42. The fourth-order valence-corrected chi connectivity index (χ4v) is 4.59. The molecule has 4 aromatic rings. The first-order valence-electron chi connectivity index (χ1n) is 8.40. The molecule has 0 bridgehead atoms. The summed E-state index contributed by atoms with van der Waals surface area (Å²) >= 11 is 6.05. The molecular formula is C21H17ClN2O2S. The highest BCUT2D eigenvalue weighted by molar-refractivity contribution is 7.92. The normalized spacial score (nSPS) is 11.6. The minimum Gasteiger partial charge on any atom is -0.355 e. The Hall–Kier alpha value is -2.76. The van der Waals surface area contributed by atoms with Crippen molar-refractivity contribution in [3.05, 3.63) is 83.4 Å². The van der Waals surface area contributed by atoms with Crippen LogP contribution >= 0.6 is 11.6 Å². The smallest absolute Gasteiger partial charge is 0.262 e. The van der Waals surface area contributed by atoms with Crippen LogP contribution in [0.2, 0.25) is 5.02 Å². The fourth-order valence-electron chi connectivity index (χ4n) is 3.04. The SMILES string of the molecule is Cc1c(Cl)cccc1S(=O)(=O)Nc1ccc(-c2cc3ccccc3[nH]2)cc1. The lowest BCUT2D eigenvalue weighted by Crippen LogP contribution is -2.14. The van der Waals surface area contributed by atoms with E-state index in [-0.39, 0.29) is 4.90 Å². The largest absolute Gasteiger partial charge is 0.355 e. The number of sulfonamides is 1. The molecule has 136 valence electrons. The number of fused-ring (bicyclic) bond motifs is 1. The Labute approximate surface area is 162 Å². The molecule has 0 aliphatic carbocycles. The molecule has 2 N–H and O–H groups in total. The molecule has 0 aliphatic rings. The number of para-hydroxylation sites is 1. The highest BCUT2D eigenvalue weighted by atomic mass is 35.5. The van der Waals surface area contributed by atoms with Crippen LogP contribution in [0.5, 0.6) is 0 Å². The molecular weight excluding hydrogens is 380 g/mol. The minimum absolute atomic E-state index is 0.176. The predicted octanol–water partition coefficient (Wildman–Crippen LogP) is 5.60. The number of nitrogens with one attached hydrogen (secondary N) is 2. The fraction of sp³-hybridized carbons (Fsp3) is 0.0476. The topological polar surface area (TPSA) is 62.0 Å². The number of benzene rings is 3. The van der Waals surface area contributed by atoms with E-state index in [9.17, 15) is 8.42 Å². The van der Waals surface area contributed by atoms with E-state index >= 15 is 0 Å². The number of hydrogen-bond donors (Lipinski definition) is 2. The van der Waals surface area contributed by atoms with Gasteiger partial charge in [0.15, 0.2) is 0 Å². The molecule has 6 heteroatoms. The number of aromatic nitrogens is 1. The lowest BCUT2D eigenvalue weighted by atomic mass is 10.1. The number of aromatic amines is 1. The second-order valence-electron chi connectivity index (χ2n) is 6.32. The number of H-pyrrole nitrogens is 1. The van der Waals surface area contributed by atoms with Crippen LogP contribution in [0.4, 0.5) is 5.69 Å². The van der Waals surface area contributed by atoms with Gasteiger partial charge in [-0.3, -0.25) is 4.72 Å². The van der Waals surface area contributed by atoms with Crippen LogP contribution in [0, 0.1) is 6.92 Å². The molecule has 1 heterocycles. The van der Waals surface area contributed by atoms with Gasteiger partial charge in [-0.15, -0.1) is 0 Å². The Bertz CT molecular complexity index is 1200. The van der Waals surface area contributed by atoms with Gasteiger partial charge in [0.25, 0.3) is 10.0 Å².